The molecule has 1 heteroatoms. The highest BCUT2D eigenvalue weighted by molar-refractivity contribution is 6.43. The maximum Gasteiger partial charge on any atom is 0.0491 e. The lowest BCUT2D eigenvalue weighted by Gasteiger charge is -2.14. The van der Waals surface area contributed by atoms with Crippen molar-refractivity contribution in [2.45, 2.75) is 0 Å². The molecule has 0 aliphatic rings. The molecule has 0 spiro atoms. The summed E-state index contributed by atoms with van der Waals surface area (Å²) in [6.07, 6.45) is 0. The molecule has 10 aromatic carbocycles. The van der Waals surface area contributed by atoms with Crippen molar-refractivity contribution >= 4 is 97.8 Å². The fraction of sp³-hybridized carbons (Fsp3) is 0. The number of hydrogen-bond donors (Lipinski definition) is 0. The van der Waals surface area contributed by atoms with E-state index >= 15 is 0 Å². The average molecular weight is 539 g/mol. The molecular formula is C40H23Cl. The molecule has 0 amide bonds. The summed E-state index contributed by atoms with van der Waals surface area (Å²) < 4.78 is 0. The van der Waals surface area contributed by atoms with E-state index in [4.69, 9.17) is 11.6 Å². The molecule has 10 rings (SSSR count). The van der Waals surface area contributed by atoms with Crippen molar-refractivity contribution in [3.8, 4) is 0 Å². The van der Waals surface area contributed by atoms with Crippen LogP contribution < -0.4 is 0 Å². The maximum absolute atomic E-state index is 6.56. The van der Waals surface area contributed by atoms with E-state index in [1.165, 1.54) is 86.2 Å². The Balaban J connectivity index is 0.000000117. The van der Waals surface area contributed by atoms with Gasteiger partial charge in [-0.15, -0.1) is 0 Å². The van der Waals surface area contributed by atoms with Crippen molar-refractivity contribution in [1.29, 1.82) is 0 Å². The number of benzene rings is 10. The third-order valence-corrected chi connectivity index (χ3v) is 9.16. The predicted octanol–water partition coefficient (Wildman–Crippen LogP) is 12.1. The largest absolute Gasteiger partial charge is 0.0836 e. The summed E-state index contributed by atoms with van der Waals surface area (Å²) in [5, 5.41) is 21.8. The van der Waals surface area contributed by atoms with Gasteiger partial charge < -0.3 is 0 Å². The smallest absolute Gasteiger partial charge is 0.0491 e. The number of hydrogen-bond acceptors (Lipinski definition) is 0. The van der Waals surface area contributed by atoms with Crippen LogP contribution in [0.4, 0.5) is 0 Å². The van der Waals surface area contributed by atoms with Gasteiger partial charge >= 0.3 is 0 Å². The summed E-state index contributed by atoms with van der Waals surface area (Å²) in [6.45, 7) is 0. The summed E-state index contributed by atoms with van der Waals surface area (Å²) in [6, 6.07) is 50.0. The standard InChI is InChI=1S/C20H11Cl.C20H12/c21-17-11-10-13-6-2-8-15-14-7-1-4-12-5-3-9-16(18(12)14)20(17)19(13)15;1-5-13-6-2-11-17-18-12-4-8-14-7-3-10-16(20(14)18)15(9-1)19(13)17/h1-11H;1-12H. The summed E-state index contributed by atoms with van der Waals surface area (Å²) in [5.41, 5.74) is 0. The van der Waals surface area contributed by atoms with Crippen molar-refractivity contribution in [3.63, 3.8) is 0 Å². The summed E-state index contributed by atoms with van der Waals surface area (Å²) in [4.78, 5) is 0. The van der Waals surface area contributed by atoms with E-state index in [1.54, 1.807) is 0 Å². The van der Waals surface area contributed by atoms with E-state index in [-0.39, 0.29) is 0 Å². The van der Waals surface area contributed by atoms with Crippen LogP contribution in [0.25, 0.3) is 86.2 Å². The molecule has 0 fully saturated rings. The molecule has 0 saturated heterocycles. The molecule has 0 nitrogen and oxygen atoms in total. The van der Waals surface area contributed by atoms with Crippen LogP contribution in [0.3, 0.4) is 0 Å². The highest BCUT2D eigenvalue weighted by atomic mass is 35.5. The minimum atomic E-state index is 0.831. The molecule has 0 aliphatic carbocycles. The second-order valence-corrected chi connectivity index (χ2v) is 11.4. The lowest BCUT2D eigenvalue weighted by molar-refractivity contribution is 1.78. The molecule has 0 N–H and O–H groups in total. The zero-order chi connectivity index (χ0) is 27.1. The van der Waals surface area contributed by atoms with Crippen molar-refractivity contribution in [2.75, 3.05) is 0 Å². The Morgan fingerprint density at radius 1 is 0.244 bits per heavy atom. The van der Waals surface area contributed by atoms with E-state index in [0.29, 0.717) is 0 Å². The van der Waals surface area contributed by atoms with E-state index < -0.39 is 0 Å². The van der Waals surface area contributed by atoms with Gasteiger partial charge in [0.1, 0.15) is 0 Å². The number of rotatable bonds is 0. The van der Waals surface area contributed by atoms with Crippen molar-refractivity contribution in [2.24, 2.45) is 0 Å². The summed E-state index contributed by atoms with van der Waals surface area (Å²) in [7, 11) is 0. The SMILES string of the molecule is Clc1ccc2cccc3c4cccc5cccc(c1c23)c54.c1cc2cccc3c4cccc5cccc(c(c1)c23)c54. The van der Waals surface area contributed by atoms with E-state index in [1.807, 2.05) is 6.07 Å². The minimum Gasteiger partial charge on any atom is -0.0836 e. The fourth-order valence-electron chi connectivity index (χ4n) is 7.20. The van der Waals surface area contributed by atoms with Crippen molar-refractivity contribution < 1.29 is 0 Å². The van der Waals surface area contributed by atoms with Gasteiger partial charge in [-0.1, -0.05) is 145 Å². The first-order chi connectivity index (χ1) is 20.3. The van der Waals surface area contributed by atoms with Gasteiger partial charge in [0.25, 0.3) is 0 Å². The van der Waals surface area contributed by atoms with E-state index in [9.17, 15) is 0 Å². The minimum absolute atomic E-state index is 0.831. The van der Waals surface area contributed by atoms with Crippen LogP contribution in [0.2, 0.25) is 5.02 Å². The Hall–Kier alpha value is -4.91. The third kappa shape index (κ3) is 3.17. The molecule has 0 aliphatic heterocycles. The van der Waals surface area contributed by atoms with Gasteiger partial charge in [-0.25, -0.2) is 0 Å². The zero-order valence-corrected chi connectivity index (χ0v) is 22.9. The van der Waals surface area contributed by atoms with Gasteiger partial charge in [0, 0.05) is 10.4 Å². The summed E-state index contributed by atoms with van der Waals surface area (Å²) >= 11 is 6.56. The Kier molecular flexibility index (Phi) is 4.76. The second-order valence-electron chi connectivity index (χ2n) is 11.0. The molecule has 0 radical (unpaired) electrons. The Labute approximate surface area is 241 Å². The number of fused-ring (bicyclic) bond motifs is 4. The van der Waals surface area contributed by atoms with Crippen LogP contribution >= 0.6 is 11.6 Å². The van der Waals surface area contributed by atoms with Crippen molar-refractivity contribution in [3.05, 3.63) is 145 Å². The van der Waals surface area contributed by atoms with Gasteiger partial charge in [0.2, 0.25) is 0 Å². The quantitative estimate of drug-likeness (QED) is 0.133. The second kappa shape index (κ2) is 8.54. The van der Waals surface area contributed by atoms with Gasteiger partial charge in [-0.05, 0) is 86.9 Å². The first-order valence-corrected chi connectivity index (χ1v) is 14.4. The predicted molar refractivity (Wildman–Crippen MR) is 180 cm³/mol. The van der Waals surface area contributed by atoms with Gasteiger partial charge in [0.05, 0.1) is 0 Å². The first-order valence-electron chi connectivity index (χ1n) is 14.1. The molecule has 41 heavy (non-hydrogen) atoms. The zero-order valence-electron chi connectivity index (χ0n) is 22.2. The first kappa shape index (κ1) is 22.9. The van der Waals surface area contributed by atoms with Gasteiger partial charge in [0.15, 0.2) is 0 Å². The van der Waals surface area contributed by atoms with E-state index in [0.717, 1.165) is 5.02 Å². The van der Waals surface area contributed by atoms with Gasteiger partial charge in [-0.3, -0.25) is 0 Å². The molecule has 0 unspecified atom stereocenters. The van der Waals surface area contributed by atoms with Crippen LogP contribution in [0, 0.1) is 0 Å². The fourth-order valence-corrected chi connectivity index (χ4v) is 7.45. The maximum atomic E-state index is 6.56. The van der Waals surface area contributed by atoms with E-state index in [2.05, 4.69) is 133 Å². The van der Waals surface area contributed by atoms with Crippen LogP contribution in [0.1, 0.15) is 0 Å². The molecule has 0 heterocycles. The highest BCUT2D eigenvalue weighted by Crippen LogP contribution is 2.43. The van der Waals surface area contributed by atoms with Crippen LogP contribution in [-0.2, 0) is 0 Å². The lowest BCUT2D eigenvalue weighted by Crippen LogP contribution is -1.87. The Bertz CT molecular complexity index is 2420. The molecule has 190 valence electrons. The Morgan fingerprint density at radius 2 is 0.537 bits per heavy atom. The molecule has 10 aromatic rings. The number of halogens is 1. The van der Waals surface area contributed by atoms with Crippen LogP contribution in [-0.4, -0.2) is 0 Å². The lowest BCUT2D eigenvalue weighted by atomic mass is 9.90. The molecule has 0 bridgehead atoms. The highest BCUT2D eigenvalue weighted by Gasteiger charge is 2.14. The summed E-state index contributed by atoms with van der Waals surface area (Å²) in [5.74, 6) is 0. The molecule has 0 atom stereocenters. The topological polar surface area (TPSA) is 0 Å². The van der Waals surface area contributed by atoms with Crippen LogP contribution in [0.15, 0.2) is 140 Å². The molecule has 0 saturated carbocycles. The molecular weight excluding hydrogens is 516 g/mol. The average Bonchev–Trinajstić information content (AvgIpc) is 3.03. The Morgan fingerprint density at radius 3 is 0.927 bits per heavy atom. The molecule has 0 aromatic heterocycles. The normalized spacial score (nSPS) is 12.0. The third-order valence-electron chi connectivity index (χ3n) is 8.85. The van der Waals surface area contributed by atoms with Gasteiger partial charge in [-0.2, -0.15) is 0 Å². The monoisotopic (exact) mass is 538 g/mol. The van der Waals surface area contributed by atoms with Crippen molar-refractivity contribution in [1.82, 2.24) is 0 Å². The van der Waals surface area contributed by atoms with Crippen LogP contribution in [0.5, 0.6) is 0 Å².